The predicted molar refractivity (Wildman–Crippen MR) is 56.6 cm³/mol. The highest BCUT2D eigenvalue weighted by Crippen LogP contribution is 2.31. The van der Waals surface area contributed by atoms with Crippen LogP contribution in [0, 0.1) is 0 Å². The highest BCUT2D eigenvalue weighted by molar-refractivity contribution is 7.82. The van der Waals surface area contributed by atoms with Crippen molar-refractivity contribution in [2.45, 2.75) is 18.1 Å². The van der Waals surface area contributed by atoms with Crippen LogP contribution < -0.4 is 5.73 Å². The van der Waals surface area contributed by atoms with E-state index in [1.165, 1.54) is 0 Å². The molecule has 0 aliphatic carbocycles. The summed E-state index contributed by atoms with van der Waals surface area (Å²) in [4.78, 5) is 11.2. The zero-order chi connectivity index (χ0) is 9.90. The topological polar surface area (TPSA) is 43.1 Å². The molecular weight excluding hydrogens is 182 g/mol. The molecule has 0 bridgehead atoms. The van der Waals surface area contributed by atoms with Crippen LogP contribution in [0.25, 0.3) is 0 Å². The van der Waals surface area contributed by atoms with Gasteiger partial charge in [0.1, 0.15) is 4.75 Å². The number of hydrogen-bond donors (Lipinski definition) is 2. The Labute approximate surface area is 83.5 Å². The monoisotopic (exact) mass is 195 g/mol. The van der Waals surface area contributed by atoms with Gasteiger partial charge < -0.3 is 5.73 Å². The van der Waals surface area contributed by atoms with Crippen LogP contribution in [0.5, 0.6) is 0 Å². The first-order valence-corrected chi connectivity index (χ1v) is 4.63. The number of benzene rings is 1. The fourth-order valence-electron chi connectivity index (χ4n) is 1.23. The predicted octanol–water partition coefficient (Wildman–Crippen LogP) is 1.71. The van der Waals surface area contributed by atoms with E-state index >= 15 is 0 Å². The maximum absolute atomic E-state index is 11.2. The van der Waals surface area contributed by atoms with Crippen LogP contribution in [0.4, 0.5) is 0 Å². The maximum atomic E-state index is 11.2. The minimum absolute atomic E-state index is 0.399. The lowest BCUT2D eigenvalue weighted by atomic mass is 9.95. The number of hydrogen-bond acceptors (Lipinski definition) is 2. The summed E-state index contributed by atoms with van der Waals surface area (Å²) in [5.41, 5.74) is 6.15. The van der Waals surface area contributed by atoms with Gasteiger partial charge in [-0.3, -0.25) is 4.79 Å². The SMILES string of the molecule is CC[C@](S)(C(N)=O)c1ccccc1. The van der Waals surface area contributed by atoms with Gasteiger partial charge in [-0.1, -0.05) is 37.3 Å². The molecule has 70 valence electrons. The fourth-order valence-corrected chi connectivity index (χ4v) is 1.38. The van der Waals surface area contributed by atoms with Crippen molar-refractivity contribution in [3.05, 3.63) is 35.9 Å². The third kappa shape index (κ3) is 1.86. The zero-order valence-corrected chi connectivity index (χ0v) is 8.42. The van der Waals surface area contributed by atoms with Gasteiger partial charge in [0, 0.05) is 0 Å². The first kappa shape index (κ1) is 10.1. The molecule has 0 spiro atoms. The maximum Gasteiger partial charge on any atom is 0.237 e. The number of primary amides is 1. The van der Waals surface area contributed by atoms with Gasteiger partial charge in [-0.15, -0.1) is 0 Å². The van der Waals surface area contributed by atoms with Gasteiger partial charge in [-0.2, -0.15) is 12.6 Å². The van der Waals surface area contributed by atoms with Crippen molar-refractivity contribution in [1.29, 1.82) is 0 Å². The highest BCUT2D eigenvalue weighted by atomic mass is 32.1. The molecule has 1 amide bonds. The van der Waals surface area contributed by atoms with Crippen LogP contribution >= 0.6 is 12.6 Å². The minimum atomic E-state index is -0.832. The quantitative estimate of drug-likeness (QED) is 0.708. The van der Waals surface area contributed by atoms with E-state index in [0.717, 1.165) is 5.56 Å². The van der Waals surface area contributed by atoms with E-state index in [1.54, 1.807) is 0 Å². The average Bonchev–Trinajstić information content (AvgIpc) is 2.17. The second-order valence-electron chi connectivity index (χ2n) is 2.94. The van der Waals surface area contributed by atoms with Gasteiger partial charge >= 0.3 is 0 Å². The highest BCUT2D eigenvalue weighted by Gasteiger charge is 2.31. The first-order chi connectivity index (χ1) is 6.11. The summed E-state index contributed by atoms with van der Waals surface area (Å²) >= 11 is 4.33. The van der Waals surface area contributed by atoms with Gasteiger partial charge in [0.15, 0.2) is 0 Å². The van der Waals surface area contributed by atoms with Crippen molar-refractivity contribution >= 4 is 18.5 Å². The van der Waals surface area contributed by atoms with Gasteiger partial charge in [0.25, 0.3) is 0 Å². The molecule has 2 N–H and O–H groups in total. The Bertz CT molecular complexity index is 299. The molecule has 1 atom stereocenters. The van der Waals surface area contributed by atoms with Crippen molar-refractivity contribution in [3.8, 4) is 0 Å². The number of carbonyl (C=O) groups is 1. The lowest BCUT2D eigenvalue weighted by molar-refractivity contribution is -0.120. The molecule has 0 aliphatic rings. The van der Waals surface area contributed by atoms with Gasteiger partial charge in [-0.25, -0.2) is 0 Å². The van der Waals surface area contributed by atoms with E-state index in [0.29, 0.717) is 6.42 Å². The Morgan fingerprint density at radius 2 is 2.00 bits per heavy atom. The number of nitrogens with two attached hydrogens (primary N) is 1. The normalized spacial score (nSPS) is 14.9. The standard InChI is InChI=1S/C10H13NOS/c1-2-10(13,9(11)12)8-6-4-3-5-7-8/h3-7,13H,2H2,1H3,(H2,11,12)/t10-/m1/s1. The van der Waals surface area contributed by atoms with Gasteiger partial charge in [0.05, 0.1) is 0 Å². The zero-order valence-electron chi connectivity index (χ0n) is 7.53. The number of carbonyl (C=O) groups excluding carboxylic acids is 1. The lowest BCUT2D eigenvalue weighted by Gasteiger charge is -2.23. The van der Waals surface area contributed by atoms with E-state index in [-0.39, 0.29) is 0 Å². The first-order valence-electron chi connectivity index (χ1n) is 4.19. The van der Waals surface area contributed by atoms with Crippen molar-refractivity contribution < 1.29 is 4.79 Å². The van der Waals surface area contributed by atoms with Crippen LogP contribution in [-0.4, -0.2) is 5.91 Å². The van der Waals surface area contributed by atoms with Crippen LogP contribution in [0.1, 0.15) is 18.9 Å². The number of thiol groups is 1. The van der Waals surface area contributed by atoms with E-state index in [4.69, 9.17) is 5.73 Å². The number of rotatable bonds is 3. The fraction of sp³-hybridized carbons (Fsp3) is 0.300. The molecule has 1 rings (SSSR count). The van der Waals surface area contributed by atoms with Crippen LogP contribution in [0.2, 0.25) is 0 Å². The molecule has 2 nitrogen and oxygen atoms in total. The third-order valence-corrected chi connectivity index (χ3v) is 2.97. The van der Waals surface area contributed by atoms with E-state index in [2.05, 4.69) is 12.6 Å². The summed E-state index contributed by atoms with van der Waals surface area (Å²) < 4.78 is -0.832. The summed E-state index contributed by atoms with van der Waals surface area (Å²) in [5, 5.41) is 0. The molecule has 0 fully saturated rings. The van der Waals surface area contributed by atoms with E-state index in [9.17, 15) is 4.79 Å². The van der Waals surface area contributed by atoms with Gasteiger partial charge in [0.2, 0.25) is 5.91 Å². The second kappa shape index (κ2) is 3.83. The molecule has 13 heavy (non-hydrogen) atoms. The minimum Gasteiger partial charge on any atom is -0.368 e. The molecule has 0 saturated heterocycles. The summed E-state index contributed by atoms with van der Waals surface area (Å²) in [6, 6.07) is 9.37. The largest absolute Gasteiger partial charge is 0.368 e. The van der Waals surface area contributed by atoms with Crippen molar-refractivity contribution in [3.63, 3.8) is 0 Å². The van der Waals surface area contributed by atoms with E-state index in [1.807, 2.05) is 37.3 Å². The Hall–Kier alpha value is -0.960. The molecule has 1 aromatic carbocycles. The summed E-state index contributed by atoms with van der Waals surface area (Å²) in [5.74, 6) is -0.399. The second-order valence-corrected chi connectivity index (χ2v) is 3.71. The van der Waals surface area contributed by atoms with Gasteiger partial charge in [-0.05, 0) is 12.0 Å². The van der Waals surface area contributed by atoms with Crippen molar-refractivity contribution in [2.75, 3.05) is 0 Å². The van der Waals surface area contributed by atoms with Crippen LogP contribution in [0.3, 0.4) is 0 Å². The van der Waals surface area contributed by atoms with Crippen molar-refractivity contribution in [2.24, 2.45) is 5.73 Å². The summed E-state index contributed by atoms with van der Waals surface area (Å²) in [7, 11) is 0. The summed E-state index contributed by atoms with van der Waals surface area (Å²) in [6.07, 6.45) is 0.593. The molecule has 0 aliphatic heterocycles. The molecule has 3 heteroatoms. The molecule has 0 unspecified atom stereocenters. The Kier molecular flexibility index (Phi) is 2.98. The van der Waals surface area contributed by atoms with Crippen LogP contribution in [-0.2, 0) is 9.54 Å². The Morgan fingerprint density at radius 3 is 2.38 bits per heavy atom. The third-order valence-electron chi connectivity index (χ3n) is 2.17. The molecule has 0 heterocycles. The molecule has 0 saturated carbocycles. The average molecular weight is 195 g/mol. The molecule has 0 aromatic heterocycles. The smallest absolute Gasteiger partial charge is 0.237 e. The van der Waals surface area contributed by atoms with Crippen molar-refractivity contribution in [1.82, 2.24) is 0 Å². The molecule has 0 radical (unpaired) electrons. The lowest BCUT2D eigenvalue weighted by Crippen LogP contribution is -2.35. The molecular formula is C10H13NOS. The number of amides is 1. The Morgan fingerprint density at radius 1 is 1.46 bits per heavy atom. The van der Waals surface area contributed by atoms with Crippen LogP contribution in [0.15, 0.2) is 30.3 Å². The van der Waals surface area contributed by atoms with E-state index < -0.39 is 10.7 Å². The Balaban J connectivity index is 3.11. The molecule has 1 aromatic rings. The summed E-state index contributed by atoms with van der Waals surface area (Å²) in [6.45, 7) is 1.89.